The van der Waals surface area contributed by atoms with Gasteiger partial charge in [0.05, 0.1) is 22.3 Å². The molecular weight excluding hydrogens is 1160 g/mol. The van der Waals surface area contributed by atoms with Crippen molar-refractivity contribution in [1.29, 1.82) is 0 Å². The highest BCUT2D eigenvalue weighted by Gasteiger charge is 2.33. The van der Waals surface area contributed by atoms with Gasteiger partial charge in [0.25, 0.3) is 0 Å². The molecule has 8 nitrogen and oxygen atoms in total. The fourth-order valence-electron chi connectivity index (χ4n) is 8.49. The Bertz CT molecular complexity index is 2690. The molecule has 0 aliphatic heterocycles. The molecule has 472 valence electrons. The third kappa shape index (κ3) is 25.0. The minimum absolute atomic E-state index is 0.203. The second-order valence-corrected chi connectivity index (χ2v) is 19.7. The molecule has 0 spiro atoms. The summed E-state index contributed by atoms with van der Waals surface area (Å²) in [5, 5.41) is 12.2. The summed E-state index contributed by atoms with van der Waals surface area (Å²) < 4.78 is 174. The first-order valence-electron chi connectivity index (χ1n) is 28.2. The Morgan fingerprint density at radius 3 is 0.545 bits per heavy atom. The summed E-state index contributed by atoms with van der Waals surface area (Å²) >= 11 is 0. The number of hydrogen-bond acceptors (Lipinski definition) is 8. The van der Waals surface area contributed by atoms with E-state index in [1.165, 1.54) is 48.5 Å². The van der Waals surface area contributed by atoms with E-state index in [4.69, 9.17) is 18.9 Å². The monoisotopic (exact) mass is 1240 g/mol. The predicted molar refractivity (Wildman–Crippen MR) is 319 cm³/mol. The van der Waals surface area contributed by atoms with Crippen LogP contribution < -0.4 is 40.2 Å². The molecule has 0 radical (unpaired) electrons. The summed E-state index contributed by atoms with van der Waals surface area (Å²) in [6, 6.07) is 57.7. The van der Waals surface area contributed by atoms with Gasteiger partial charge in [-0.25, -0.2) is 0 Å². The number of halogens is 12. The summed E-state index contributed by atoms with van der Waals surface area (Å²) in [6.45, 7) is 3.00. The van der Waals surface area contributed by atoms with Crippen LogP contribution in [0.1, 0.15) is 94.6 Å². The first-order valence-corrected chi connectivity index (χ1v) is 28.2. The van der Waals surface area contributed by atoms with Crippen molar-refractivity contribution >= 4 is 0 Å². The number of hydrogen-bond donors (Lipinski definition) is 4. The van der Waals surface area contributed by atoms with E-state index in [0.29, 0.717) is 23.0 Å². The van der Waals surface area contributed by atoms with Crippen LogP contribution in [0.25, 0.3) is 0 Å². The van der Waals surface area contributed by atoms with Crippen LogP contribution in [0.15, 0.2) is 218 Å². The van der Waals surface area contributed by atoms with E-state index in [-0.39, 0.29) is 24.4 Å². The highest BCUT2D eigenvalue weighted by Crippen LogP contribution is 2.36. The molecular formula is C68H72F12N4O4. The maximum Gasteiger partial charge on any atom is 0.416 e. The Morgan fingerprint density at radius 1 is 0.250 bits per heavy atom. The molecule has 20 heteroatoms. The molecule has 8 rings (SSSR count). The second kappa shape index (κ2) is 35.7. The van der Waals surface area contributed by atoms with E-state index < -0.39 is 47.0 Å². The molecule has 0 fully saturated rings. The Labute approximate surface area is 506 Å². The number of benzene rings is 8. The predicted octanol–water partition coefficient (Wildman–Crippen LogP) is 17.7. The zero-order chi connectivity index (χ0) is 64.0. The standard InChI is InChI=1S/4C17H18F3NO/c4*1-21-12-11-16(13-5-3-2-4-6-13)22-15-9-7-14(8-10-15)17(18,19)20/h4*2-10,16,21H,11-12H2,1H3. The maximum atomic E-state index is 12.6. The Morgan fingerprint density at radius 2 is 0.409 bits per heavy atom. The molecule has 4 atom stereocenters. The van der Waals surface area contributed by atoms with Crippen LogP contribution in [0.3, 0.4) is 0 Å². The van der Waals surface area contributed by atoms with Crippen LogP contribution in [-0.4, -0.2) is 54.4 Å². The zero-order valence-corrected chi connectivity index (χ0v) is 48.9. The molecule has 0 bridgehead atoms. The smallest absolute Gasteiger partial charge is 0.416 e. The van der Waals surface area contributed by atoms with Gasteiger partial charge in [-0.15, -0.1) is 0 Å². The molecule has 0 aliphatic carbocycles. The van der Waals surface area contributed by atoms with Crippen molar-refractivity contribution in [3.8, 4) is 23.0 Å². The molecule has 88 heavy (non-hydrogen) atoms. The fourth-order valence-corrected chi connectivity index (χ4v) is 8.49. The van der Waals surface area contributed by atoms with E-state index in [2.05, 4.69) is 21.3 Å². The number of rotatable bonds is 24. The highest BCUT2D eigenvalue weighted by atomic mass is 19.4. The van der Waals surface area contributed by atoms with Gasteiger partial charge in [0.15, 0.2) is 0 Å². The van der Waals surface area contributed by atoms with E-state index in [0.717, 1.165) is 123 Å². The lowest BCUT2D eigenvalue weighted by atomic mass is 10.1. The van der Waals surface area contributed by atoms with Crippen molar-refractivity contribution in [3.05, 3.63) is 263 Å². The van der Waals surface area contributed by atoms with Gasteiger partial charge in [-0.05, 0) is 174 Å². The average Bonchev–Trinajstić information content (AvgIpc) is 3.59. The van der Waals surface area contributed by atoms with E-state index in [1.54, 1.807) is 0 Å². The molecule has 0 heterocycles. The average molecular weight is 1240 g/mol. The zero-order valence-electron chi connectivity index (χ0n) is 48.9. The van der Waals surface area contributed by atoms with Crippen molar-refractivity contribution in [1.82, 2.24) is 21.3 Å². The molecule has 0 saturated carbocycles. The molecule has 8 aromatic rings. The van der Waals surface area contributed by atoms with Gasteiger partial charge in [0.2, 0.25) is 0 Å². The third-order valence-electron chi connectivity index (χ3n) is 13.2. The van der Waals surface area contributed by atoms with Crippen LogP contribution in [0.5, 0.6) is 23.0 Å². The fraction of sp³-hybridized carbons (Fsp3) is 0.294. The SMILES string of the molecule is CNCCC(Oc1ccc(C(F)(F)F)cc1)c1ccccc1.CNCCC(Oc1ccc(C(F)(F)F)cc1)c1ccccc1.CNCCC(Oc1ccc(C(F)(F)F)cc1)c1ccccc1.CNCCC(Oc1ccc(C(F)(F)F)cc1)c1ccccc1. The van der Waals surface area contributed by atoms with Gasteiger partial charge in [0.1, 0.15) is 47.4 Å². The lowest BCUT2D eigenvalue weighted by Crippen LogP contribution is -2.16. The quantitative estimate of drug-likeness (QED) is 0.0446. The minimum atomic E-state index is -4.33. The summed E-state index contributed by atoms with van der Waals surface area (Å²) in [7, 11) is 7.39. The maximum absolute atomic E-state index is 12.6. The molecule has 0 amide bonds. The van der Waals surface area contributed by atoms with Crippen LogP contribution in [-0.2, 0) is 24.7 Å². The summed E-state index contributed by atoms with van der Waals surface area (Å²) in [4.78, 5) is 0. The molecule has 0 saturated heterocycles. The van der Waals surface area contributed by atoms with Crippen molar-refractivity contribution in [2.45, 2.75) is 74.8 Å². The number of nitrogens with one attached hydrogen (secondary N) is 4. The molecule has 4 N–H and O–H groups in total. The molecule has 0 aromatic heterocycles. The second-order valence-electron chi connectivity index (χ2n) is 19.7. The van der Waals surface area contributed by atoms with Gasteiger partial charge in [-0.2, -0.15) is 52.7 Å². The van der Waals surface area contributed by atoms with Crippen molar-refractivity contribution < 1.29 is 71.6 Å². The van der Waals surface area contributed by atoms with Gasteiger partial charge in [0, 0.05) is 25.7 Å². The summed E-state index contributed by atoms with van der Waals surface area (Å²) in [5.74, 6) is 1.71. The Kier molecular flexibility index (Phi) is 28.7. The van der Waals surface area contributed by atoms with Crippen molar-refractivity contribution in [2.24, 2.45) is 0 Å². The van der Waals surface area contributed by atoms with Crippen molar-refractivity contribution in [3.63, 3.8) is 0 Å². The van der Waals surface area contributed by atoms with Gasteiger partial charge in [-0.3, -0.25) is 0 Å². The molecule has 4 unspecified atom stereocenters. The van der Waals surface area contributed by atoms with Gasteiger partial charge in [-0.1, -0.05) is 121 Å². The number of alkyl halides is 12. The Balaban J connectivity index is 0.000000214. The largest absolute Gasteiger partial charge is 0.486 e. The van der Waals surface area contributed by atoms with Crippen LogP contribution in [0, 0.1) is 0 Å². The molecule has 8 aromatic carbocycles. The van der Waals surface area contributed by atoms with Crippen LogP contribution in [0.4, 0.5) is 52.7 Å². The highest BCUT2D eigenvalue weighted by molar-refractivity contribution is 5.34. The van der Waals surface area contributed by atoms with Gasteiger partial charge < -0.3 is 40.2 Å². The van der Waals surface area contributed by atoms with Crippen LogP contribution >= 0.6 is 0 Å². The van der Waals surface area contributed by atoms with Crippen molar-refractivity contribution in [2.75, 3.05) is 54.4 Å². The topological polar surface area (TPSA) is 85.0 Å². The van der Waals surface area contributed by atoms with E-state index in [1.807, 2.05) is 150 Å². The van der Waals surface area contributed by atoms with E-state index in [9.17, 15) is 52.7 Å². The Hall–Kier alpha value is -8.04. The normalized spacial score (nSPS) is 12.9. The van der Waals surface area contributed by atoms with E-state index >= 15 is 0 Å². The third-order valence-corrected chi connectivity index (χ3v) is 13.2. The first kappa shape index (κ1) is 70.7. The number of ether oxygens (including phenoxy) is 4. The summed E-state index contributed by atoms with van der Waals surface area (Å²) in [5.41, 5.74) is 1.29. The molecule has 0 aliphatic rings. The minimum Gasteiger partial charge on any atom is -0.486 e. The van der Waals surface area contributed by atoms with Crippen LogP contribution in [0.2, 0.25) is 0 Å². The lowest BCUT2D eigenvalue weighted by molar-refractivity contribution is -0.138. The first-order chi connectivity index (χ1) is 42.0. The van der Waals surface area contributed by atoms with Gasteiger partial charge >= 0.3 is 24.7 Å². The summed E-state index contributed by atoms with van der Waals surface area (Å²) in [6.07, 6.45) is -15.2. The lowest BCUT2D eigenvalue weighted by Gasteiger charge is -2.20.